The van der Waals surface area contributed by atoms with Crippen molar-refractivity contribution in [2.24, 2.45) is 11.1 Å². The SMILES string of the molecule is NS(=O)(=O)c1ccc(Cc2c(-c3ccc(F)c(C#Cc4cccs4)c3)nn(-c3nc(C(=O)O)cs3)c2CC2CC2)cc1F. The molecule has 0 aliphatic heterocycles. The molecular formula is C30H22F2N4O4S3. The van der Waals surface area contributed by atoms with E-state index in [0.717, 1.165) is 46.9 Å². The number of hydrogen-bond donors (Lipinski definition) is 2. The second-order valence-electron chi connectivity index (χ2n) is 10.1. The molecule has 13 heteroatoms. The van der Waals surface area contributed by atoms with Crippen LogP contribution in [0.5, 0.6) is 0 Å². The summed E-state index contributed by atoms with van der Waals surface area (Å²) in [5, 5.41) is 23.1. The Morgan fingerprint density at radius 1 is 1.09 bits per heavy atom. The minimum Gasteiger partial charge on any atom is -0.476 e. The number of carboxylic acids is 1. The van der Waals surface area contributed by atoms with Crippen molar-refractivity contribution in [1.29, 1.82) is 0 Å². The van der Waals surface area contributed by atoms with E-state index in [1.165, 1.54) is 28.8 Å². The van der Waals surface area contributed by atoms with Crippen LogP contribution in [0.25, 0.3) is 16.4 Å². The van der Waals surface area contributed by atoms with Gasteiger partial charge in [-0.05, 0) is 72.5 Å². The molecule has 1 aliphatic rings. The van der Waals surface area contributed by atoms with Gasteiger partial charge in [-0.2, -0.15) is 5.10 Å². The summed E-state index contributed by atoms with van der Waals surface area (Å²) >= 11 is 2.56. The molecule has 0 spiro atoms. The highest BCUT2D eigenvalue weighted by Crippen LogP contribution is 2.38. The van der Waals surface area contributed by atoms with Gasteiger partial charge in [-0.1, -0.05) is 24.0 Å². The predicted molar refractivity (Wildman–Crippen MR) is 159 cm³/mol. The van der Waals surface area contributed by atoms with Crippen molar-refractivity contribution < 1.29 is 27.1 Å². The number of thiazole rings is 1. The molecule has 8 nitrogen and oxygen atoms in total. The summed E-state index contributed by atoms with van der Waals surface area (Å²) in [5.74, 6) is 3.59. The van der Waals surface area contributed by atoms with Crippen LogP contribution in [-0.4, -0.2) is 34.3 Å². The van der Waals surface area contributed by atoms with Crippen LogP contribution in [0.1, 0.15) is 50.6 Å². The molecular weight excluding hydrogens is 615 g/mol. The highest BCUT2D eigenvalue weighted by Gasteiger charge is 2.30. The van der Waals surface area contributed by atoms with E-state index in [0.29, 0.717) is 39.9 Å². The van der Waals surface area contributed by atoms with Crippen LogP contribution >= 0.6 is 22.7 Å². The van der Waals surface area contributed by atoms with Gasteiger partial charge in [0, 0.05) is 22.9 Å². The normalized spacial score (nSPS) is 13.1. The minimum atomic E-state index is -4.25. The molecule has 0 radical (unpaired) electrons. The second kappa shape index (κ2) is 11.5. The molecule has 3 N–H and O–H groups in total. The van der Waals surface area contributed by atoms with Gasteiger partial charge in [0.1, 0.15) is 16.5 Å². The van der Waals surface area contributed by atoms with Gasteiger partial charge in [-0.25, -0.2) is 36.8 Å². The van der Waals surface area contributed by atoms with Crippen LogP contribution in [0.3, 0.4) is 0 Å². The number of nitrogens with zero attached hydrogens (tertiary/aromatic N) is 3. The number of benzene rings is 2. The van der Waals surface area contributed by atoms with Crippen molar-refractivity contribution >= 4 is 38.7 Å². The van der Waals surface area contributed by atoms with Gasteiger partial charge in [0.25, 0.3) is 0 Å². The molecule has 0 saturated heterocycles. The van der Waals surface area contributed by atoms with Crippen LogP contribution in [0, 0.1) is 29.4 Å². The highest BCUT2D eigenvalue weighted by atomic mass is 32.2. The summed E-state index contributed by atoms with van der Waals surface area (Å²) in [6.07, 6.45) is 2.78. The molecule has 0 unspecified atom stereocenters. The molecule has 3 aromatic heterocycles. The molecule has 0 bridgehead atoms. The van der Waals surface area contributed by atoms with Crippen molar-refractivity contribution in [3.8, 4) is 28.2 Å². The number of rotatable bonds is 8. The fourth-order valence-electron chi connectivity index (χ4n) is 4.66. The zero-order valence-corrected chi connectivity index (χ0v) is 24.7. The highest BCUT2D eigenvalue weighted by molar-refractivity contribution is 7.89. The fraction of sp³-hybridized carbons (Fsp3) is 0.167. The quantitative estimate of drug-likeness (QED) is 0.213. The largest absolute Gasteiger partial charge is 0.476 e. The number of primary sulfonamides is 1. The molecule has 43 heavy (non-hydrogen) atoms. The summed E-state index contributed by atoms with van der Waals surface area (Å²) in [4.78, 5) is 16.0. The third-order valence-electron chi connectivity index (χ3n) is 6.93. The van der Waals surface area contributed by atoms with Gasteiger partial charge in [-0.3, -0.25) is 0 Å². The number of nitrogens with two attached hydrogens (primary N) is 1. The molecule has 0 amide bonds. The maximum absolute atomic E-state index is 14.9. The summed E-state index contributed by atoms with van der Waals surface area (Å²) < 4.78 is 54.9. The topological polar surface area (TPSA) is 128 Å². The molecule has 3 heterocycles. The van der Waals surface area contributed by atoms with Crippen molar-refractivity contribution in [1.82, 2.24) is 14.8 Å². The lowest BCUT2D eigenvalue weighted by Gasteiger charge is -2.10. The zero-order valence-electron chi connectivity index (χ0n) is 22.3. The van der Waals surface area contributed by atoms with E-state index in [1.54, 1.807) is 16.8 Å². The van der Waals surface area contributed by atoms with E-state index in [9.17, 15) is 27.1 Å². The first kappa shape index (κ1) is 28.9. The molecule has 0 atom stereocenters. The monoisotopic (exact) mass is 636 g/mol. The molecule has 1 saturated carbocycles. The molecule has 2 aromatic carbocycles. The first-order valence-electron chi connectivity index (χ1n) is 13.0. The van der Waals surface area contributed by atoms with Gasteiger partial charge < -0.3 is 5.11 Å². The number of aromatic carboxylic acids is 1. The summed E-state index contributed by atoms with van der Waals surface area (Å²) in [7, 11) is -4.25. The van der Waals surface area contributed by atoms with Crippen LogP contribution < -0.4 is 5.14 Å². The number of halogens is 2. The van der Waals surface area contributed by atoms with E-state index in [4.69, 9.17) is 10.2 Å². The van der Waals surface area contributed by atoms with Crippen LogP contribution in [-0.2, 0) is 22.9 Å². The van der Waals surface area contributed by atoms with E-state index < -0.39 is 32.5 Å². The third kappa shape index (κ3) is 6.28. The van der Waals surface area contributed by atoms with Crippen molar-refractivity contribution in [2.45, 2.75) is 30.6 Å². The Kier molecular flexibility index (Phi) is 7.70. The van der Waals surface area contributed by atoms with E-state index in [1.807, 2.05) is 17.5 Å². The number of thiophene rings is 1. The van der Waals surface area contributed by atoms with Crippen LogP contribution in [0.15, 0.2) is 64.2 Å². The van der Waals surface area contributed by atoms with Crippen molar-refractivity contribution in [3.63, 3.8) is 0 Å². The first-order valence-corrected chi connectivity index (χ1v) is 16.3. The van der Waals surface area contributed by atoms with E-state index >= 15 is 0 Å². The smallest absolute Gasteiger partial charge is 0.355 e. The Labute approximate surface area is 253 Å². The Bertz CT molecular complexity index is 2040. The lowest BCUT2D eigenvalue weighted by molar-refractivity contribution is 0.0691. The van der Waals surface area contributed by atoms with Gasteiger partial charge in [-0.15, -0.1) is 22.7 Å². The van der Waals surface area contributed by atoms with Crippen molar-refractivity contribution in [3.05, 3.63) is 104 Å². The molecule has 6 rings (SSSR count). The lowest BCUT2D eigenvalue weighted by atomic mass is 9.96. The van der Waals surface area contributed by atoms with Gasteiger partial charge in [0.15, 0.2) is 5.69 Å². The van der Waals surface area contributed by atoms with Gasteiger partial charge in [0.2, 0.25) is 15.2 Å². The van der Waals surface area contributed by atoms with Gasteiger partial charge >= 0.3 is 5.97 Å². The fourth-order valence-corrected chi connectivity index (χ4v) is 6.59. The predicted octanol–water partition coefficient (Wildman–Crippen LogP) is 5.62. The summed E-state index contributed by atoms with van der Waals surface area (Å²) in [6.45, 7) is 0. The minimum absolute atomic E-state index is 0.121. The van der Waals surface area contributed by atoms with Crippen LogP contribution in [0.2, 0.25) is 0 Å². The standard InChI is InChI=1S/C30H22F2N4O4S3/c31-23-9-7-20(15-19(23)6-8-21-2-1-11-41-21)28-22(12-18-5-10-27(24(32)13-18)43(33,39)40)26(14-17-3-4-17)36(35-28)30-34-25(16-42-30)29(37)38/h1-2,5,7,9-11,13,15-17H,3-4,12,14H2,(H,37,38)(H2,33,39,40). The Morgan fingerprint density at radius 2 is 1.91 bits per heavy atom. The molecule has 1 fully saturated rings. The average molecular weight is 637 g/mol. The summed E-state index contributed by atoms with van der Waals surface area (Å²) in [6, 6.07) is 11.9. The average Bonchev–Trinajstić information content (AvgIpc) is 3.30. The number of aromatic nitrogens is 3. The Morgan fingerprint density at radius 3 is 2.56 bits per heavy atom. The Hall–Kier alpha value is -4.22. The van der Waals surface area contributed by atoms with Crippen molar-refractivity contribution in [2.75, 3.05) is 0 Å². The summed E-state index contributed by atoms with van der Waals surface area (Å²) in [5.41, 5.74) is 3.00. The van der Waals surface area contributed by atoms with Gasteiger partial charge in [0.05, 0.1) is 21.8 Å². The first-order chi connectivity index (χ1) is 20.6. The zero-order chi connectivity index (χ0) is 30.3. The van der Waals surface area contributed by atoms with E-state index in [-0.39, 0.29) is 17.7 Å². The van der Waals surface area contributed by atoms with Crippen LogP contribution in [0.4, 0.5) is 8.78 Å². The second-order valence-corrected chi connectivity index (χ2v) is 13.4. The number of sulfonamides is 1. The maximum Gasteiger partial charge on any atom is 0.355 e. The number of carboxylic acid groups (broad SMARTS) is 1. The number of carbonyl (C=O) groups is 1. The molecule has 5 aromatic rings. The number of hydrogen-bond acceptors (Lipinski definition) is 7. The Balaban J connectivity index is 1.52. The van der Waals surface area contributed by atoms with E-state index in [2.05, 4.69) is 16.8 Å². The third-order valence-corrected chi connectivity index (χ3v) is 9.47. The lowest BCUT2D eigenvalue weighted by Crippen LogP contribution is -2.14. The molecule has 218 valence electrons. The molecule has 1 aliphatic carbocycles. The maximum atomic E-state index is 14.9.